The topological polar surface area (TPSA) is 95.7 Å². The number of nitrogens with one attached hydrogen (secondary N) is 3. The third kappa shape index (κ3) is 4.13. The summed E-state index contributed by atoms with van der Waals surface area (Å²) in [5.41, 5.74) is 9.81. The van der Waals surface area contributed by atoms with Gasteiger partial charge in [-0.05, 0) is 85.3 Å². The van der Waals surface area contributed by atoms with E-state index in [-0.39, 0.29) is 5.91 Å². The molecule has 7 nitrogen and oxygen atoms in total. The van der Waals surface area contributed by atoms with Gasteiger partial charge in [-0.3, -0.25) is 9.89 Å². The van der Waals surface area contributed by atoms with E-state index in [1.54, 1.807) is 7.11 Å². The lowest BCUT2D eigenvalue weighted by molar-refractivity contribution is 0.102. The van der Waals surface area contributed by atoms with Crippen LogP contribution < -0.4 is 10.1 Å². The number of hydrogen-bond donors (Lipinski definition) is 3. The van der Waals surface area contributed by atoms with Gasteiger partial charge in [0.2, 0.25) is 0 Å². The van der Waals surface area contributed by atoms with E-state index in [4.69, 9.17) is 4.74 Å². The Morgan fingerprint density at radius 3 is 2.72 bits per heavy atom. The Labute approximate surface area is 208 Å². The minimum absolute atomic E-state index is 0.175. The van der Waals surface area contributed by atoms with Gasteiger partial charge in [-0.2, -0.15) is 5.10 Å². The Bertz CT molecular complexity index is 1580. The van der Waals surface area contributed by atoms with Crippen molar-refractivity contribution < 1.29 is 9.53 Å². The Kier molecular flexibility index (Phi) is 5.52. The summed E-state index contributed by atoms with van der Waals surface area (Å²) in [5, 5.41) is 10.4. The molecular weight excluding hydrogens is 450 g/mol. The molecule has 180 valence electrons. The number of imidazole rings is 1. The van der Waals surface area contributed by atoms with Crippen molar-refractivity contribution in [3.63, 3.8) is 0 Å². The molecule has 7 heteroatoms. The zero-order valence-electron chi connectivity index (χ0n) is 20.3. The number of nitrogens with zero attached hydrogens (tertiary/aromatic N) is 2. The number of H-pyrrole nitrogens is 2. The standard InChI is InChI=1S/C29H27N5O2/c1-17-3-13-24-25(15-17)32-26(31-24)14-6-18-4-8-20(9-5-18)30-29(35)28-23-11-7-19-16-21(36-2)10-12-22(19)27(23)33-34-28/h3-5,8-10,12-13,15-16H,6-7,11,14H2,1-2H3,(H,30,35)(H,31,32)(H,33,34). The fourth-order valence-corrected chi connectivity index (χ4v) is 4.92. The van der Waals surface area contributed by atoms with E-state index in [1.807, 2.05) is 30.3 Å². The lowest BCUT2D eigenvalue weighted by Gasteiger charge is -2.17. The fourth-order valence-electron chi connectivity index (χ4n) is 4.92. The number of aryl methyl sites for hydroxylation is 4. The van der Waals surface area contributed by atoms with Crippen LogP contribution in [0, 0.1) is 6.92 Å². The van der Waals surface area contributed by atoms with E-state index in [0.29, 0.717) is 5.69 Å². The molecule has 0 bridgehead atoms. The second-order valence-corrected chi connectivity index (χ2v) is 9.30. The van der Waals surface area contributed by atoms with Crippen LogP contribution in [0.1, 0.15) is 38.6 Å². The van der Waals surface area contributed by atoms with E-state index in [2.05, 4.69) is 62.7 Å². The Morgan fingerprint density at radius 2 is 1.89 bits per heavy atom. The molecule has 1 aliphatic rings. The molecule has 2 aromatic heterocycles. The van der Waals surface area contributed by atoms with Crippen molar-refractivity contribution in [3.8, 4) is 17.0 Å². The number of carbonyl (C=O) groups is 1. The molecule has 36 heavy (non-hydrogen) atoms. The van der Waals surface area contributed by atoms with Crippen molar-refractivity contribution in [2.45, 2.75) is 32.6 Å². The van der Waals surface area contributed by atoms with Crippen molar-refractivity contribution in [3.05, 3.63) is 94.4 Å². The first-order valence-corrected chi connectivity index (χ1v) is 12.2. The largest absolute Gasteiger partial charge is 0.497 e. The summed E-state index contributed by atoms with van der Waals surface area (Å²) in [7, 11) is 1.67. The van der Waals surface area contributed by atoms with Crippen LogP contribution in [0.3, 0.4) is 0 Å². The number of carbonyl (C=O) groups excluding carboxylic acids is 1. The smallest absolute Gasteiger partial charge is 0.273 e. The Hall–Kier alpha value is -4.39. The number of fused-ring (bicyclic) bond motifs is 4. The van der Waals surface area contributed by atoms with Crippen molar-refractivity contribution in [1.82, 2.24) is 20.2 Å². The van der Waals surface area contributed by atoms with Gasteiger partial charge < -0.3 is 15.0 Å². The van der Waals surface area contributed by atoms with Gasteiger partial charge in [0.05, 0.1) is 23.8 Å². The summed E-state index contributed by atoms with van der Waals surface area (Å²) in [5.74, 6) is 1.64. The van der Waals surface area contributed by atoms with Gasteiger partial charge >= 0.3 is 0 Å². The molecule has 6 rings (SSSR count). The molecule has 0 saturated heterocycles. The molecular formula is C29H27N5O2. The predicted octanol–water partition coefficient (Wildman–Crippen LogP) is 5.41. The summed E-state index contributed by atoms with van der Waals surface area (Å²) in [6.07, 6.45) is 3.30. The predicted molar refractivity (Wildman–Crippen MR) is 141 cm³/mol. The van der Waals surface area contributed by atoms with Crippen LogP contribution in [0.2, 0.25) is 0 Å². The molecule has 0 fully saturated rings. The summed E-state index contributed by atoms with van der Waals surface area (Å²) < 4.78 is 5.34. The number of rotatable bonds is 6. The zero-order valence-corrected chi connectivity index (χ0v) is 20.3. The molecule has 5 aromatic rings. The van der Waals surface area contributed by atoms with E-state index in [9.17, 15) is 4.79 Å². The number of amides is 1. The monoisotopic (exact) mass is 477 g/mol. The van der Waals surface area contributed by atoms with Crippen molar-refractivity contribution in [1.29, 1.82) is 0 Å². The number of methoxy groups -OCH3 is 1. The average Bonchev–Trinajstić information content (AvgIpc) is 3.51. The van der Waals surface area contributed by atoms with E-state index in [0.717, 1.165) is 70.8 Å². The highest BCUT2D eigenvalue weighted by molar-refractivity contribution is 6.05. The van der Waals surface area contributed by atoms with Gasteiger partial charge in [0.25, 0.3) is 5.91 Å². The van der Waals surface area contributed by atoms with E-state index >= 15 is 0 Å². The van der Waals surface area contributed by atoms with Gasteiger partial charge in [-0.25, -0.2) is 4.98 Å². The molecule has 0 aliphatic heterocycles. The summed E-state index contributed by atoms with van der Waals surface area (Å²) >= 11 is 0. The second kappa shape index (κ2) is 9.00. The van der Waals surface area contributed by atoms with E-state index < -0.39 is 0 Å². The highest BCUT2D eigenvalue weighted by Crippen LogP contribution is 2.35. The molecule has 0 radical (unpaired) electrons. The first-order chi connectivity index (χ1) is 17.6. The van der Waals surface area contributed by atoms with E-state index in [1.165, 1.54) is 16.7 Å². The van der Waals surface area contributed by atoms with Crippen LogP contribution in [0.15, 0.2) is 60.7 Å². The fraction of sp³-hybridized carbons (Fsp3) is 0.207. The maximum absolute atomic E-state index is 13.0. The van der Waals surface area contributed by atoms with Crippen LogP contribution in [0.4, 0.5) is 5.69 Å². The molecule has 3 aromatic carbocycles. The quantitative estimate of drug-likeness (QED) is 0.305. The summed E-state index contributed by atoms with van der Waals surface area (Å²) in [6.45, 7) is 2.08. The normalized spacial score (nSPS) is 12.3. The summed E-state index contributed by atoms with van der Waals surface area (Å²) in [4.78, 5) is 21.1. The van der Waals surface area contributed by atoms with Crippen LogP contribution in [-0.2, 0) is 25.7 Å². The van der Waals surface area contributed by atoms with Gasteiger partial charge in [-0.1, -0.05) is 18.2 Å². The first-order valence-electron chi connectivity index (χ1n) is 12.2. The van der Waals surface area contributed by atoms with Crippen molar-refractivity contribution >= 4 is 22.6 Å². The average molecular weight is 478 g/mol. The third-order valence-electron chi connectivity index (χ3n) is 6.85. The molecule has 0 saturated carbocycles. The van der Waals surface area contributed by atoms with Gasteiger partial charge in [-0.15, -0.1) is 0 Å². The Balaban J connectivity index is 1.12. The lowest BCUT2D eigenvalue weighted by Crippen LogP contribution is -2.15. The molecule has 0 unspecified atom stereocenters. The van der Waals surface area contributed by atoms with Gasteiger partial charge in [0.1, 0.15) is 17.3 Å². The van der Waals surface area contributed by atoms with Crippen LogP contribution >= 0.6 is 0 Å². The number of benzene rings is 3. The molecule has 2 heterocycles. The summed E-state index contributed by atoms with van der Waals surface area (Å²) in [6, 6.07) is 20.2. The SMILES string of the molecule is COc1ccc2c(c1)CCc1c-2n[nH]c1C(=O)Nc1ccc(CCc2nc3ccc(C)cc3[nH]2)cc1. The molecule has 1 aliphatic carbocycles. The second-order valence-electron chi connectivity index (χ2n) is 9.30. The molecule has 0 atom stereocenters. The minimum Gasteiger partial charge on any atom is -0.497 e. The number of aromatic amines is 2. The number of hydrogen-bond acceptors (Lipinski definition) is 4. The minimum atomic E-state index is -0.175. The third-order valence-corrected chi connectivity index (χ3v) is 6.85. The number of anilines is 1. The Morgan fingerprint density at radius 1 is 1.03 bits per heavy atom. The first kappa shape index (κ1) is 22.1. The van der Waals surface area contributed by atoms with Gasteiger partial charge in [0.15, 0.2) is 0 Å². The van der Waals surface area contributed by atoms with Crippen LogP contribution in [0.5, 0.6) is 5.75 Å². The zero-order chi connectivity index (χ0) is 24.6. The lowest BCUT2D eigenvalue weighted by atomic mass is 9.89. The van der Waals surface area contributed by atoms with Crippen molar-refractivity contribution in [2.75, 3.05) is 12.4 Å². The molecule has 1 amide bonds. The maximum Gasteiger partial charge on any atom is 0.273 e. The molecule has 0 spiro atoms. The molecule has 3 N–H and O–H groups in total. The van der Waals surface area contributed by atoms with Gasteiger partial charge in [0, 0.05) is 23.2 Å². The number of ether oxygens (including phenoxy) is 1. The highest BCUT2D eigenvalue weighted by atomic mass is 16.5. The van der Waals surface area contributed by atoms with Crippen molar-refractivity contribution in [2.24, 2.45) is 0 Å². The van der Waals surface area contributed by atoms with Crippen LogP contribution in [0.25, 0.3) is 22.3 Å². The van der Waals surface area contributed by atoms with Crippen LogP contribution in [-0.4, -0.2) is 33.2 Å². The maximum atomic E-state index is 13.0. The highest BCUT2D eigenvalue weighted by Gasteiger charge is 2.25. The number of aromatic nitrogens is 4.